The number of aromatic nitrogens is 6. The Morgan fingerprint density at radius 2 is 1.80 bits per heavy atom. The number of fused-ring (bicyclic) bond motifs is 1. The van der Waals surface area contributed by atoms with Crippen molar-refractivity contribution in [3.63, 3.8) is 0 Å². The molecular weight excluding hydrogens is 516 g/mol. The number of nitrogens with zero attached hydrogens (tertiary/aromatic N) is 5. The number of esters is 1. The van der Waals surface area contributed by atoms with E-state index >= 15 is 0 Å². The predicted octanol–water partition coefficient (Wildman–Crippen LogP) is 6.06. The number of aromatic amines is 1. The molecule has 9 nitrogen and oxygen atoms in total. The second kappa shape index (κ2) is 13.1. The molecule has 0 saturated carbocycles. The first-order valence-electron chi connectivity index (χ1n) is 14.9. The molecular formula is C32H40N6O3. The van der Waals surface area contributed by atoms with E-state index in [0.29, 0.717) is 31.7 Å². The first kappa shape index (κ1) is 28.5. The van der Waals surface area contributed by atoms with Crippen molar-refractivity contribution in [3.8, 4) is 22.5 Å². The van der Waals surface area contributed by atoms with Crippen LogP contribution in [0.1, 0.15) is 94.6 Å². The van der Waals surface area contributed by atoms with Crippen LogP contribution in [0.4, 0.5) is 0 Å². The third kappa shape index (κ3) is 6.19. The summed E-state index contributed by atoms with van der Waals surface area (Å²) in [5.74, 6) is 0.460. The van der Waals surface area contributed by atoms with E-state index < -0.39 is 0 Å². The fraction of sp³-hybridized carbons (Fsp3) is 0.469. The number of nitrogens with one attached hydrogen (secondary N) is 1. The maximum Gasteiger partial charge on any atom is 0.305 e. The molecule has 216 valence electrons. The number of ether oxygens (including phenoxy) is 1. The van der Waals surface area contributed by atoms with Gasteiger partial charge in [0.05, 0.1) is 18.7 Å². The van der Waals surface area contributed by atoms with Gasteiger partial charge >= 0.3 is 5.97 Å². The van der Waals surface area contributed by atoms with Crippen molar-refractivity contribution in [2.24, 2.45) is 0 Å². The van der Waals surface area contributed by atoms with Gasteiger partial charge in [-0.25, -0.2) is 9.78 Å². The normalized spacial score (nSPS) is 16.5. The molecule has 1 aliphatic heterocycles. The molecule has 0 aliphatic carbocycles. The molecule has 41 heavy (non-hydrogen) atoms. The summed E-state index contributed by atoms with van der Waals surface area (Å²) in [6, 6.07) is 16.7. The smallest absolute Gasteiger partial charge is 0.305 e. The highest BCUT2D eigenvalue weighted by Gasteiger charge is 2.31. The molecule has 9 heteroatoms. The molecule has 3 heterocycles. The largest absolute Gasteiger partial charge is 0.466 e. The SMILES string of the molecule is CCCCCc1c(Cc2ccc(-c3ccccc3-c3nnn[nH]3)cc2)c(=O)n2n1C(CCC(=O)OCC)CCC2C. The zero-order valence-corrected chi connectivity index (χ0v) is 24.3. The van der Waals surface area contributed by atoms with E-state index in [1.807, 2.05) is 29.8 Å². The molecule has 0 bridgehead atoms. The second-order valence-corrected chi connectivity index (χ2v) is 11.0. The minimum atomic E-state index is -0.166. The quantitative estimate of drug-likeness (QED) is 0.168. The summed E-state index contributed by atoms with van der Waals surface area (Å²) in [6.07, 6.45) is 7.68. The topological polar surface area (TPSA) is 108 Å². The third-order valence-electron chi connectivity index (χ3n) is 8.18. The summed E-state index contributed by atoms with van der Waals surface area (Å²) in [5, 5.41) is 14.4. The Kier molecular flexibility index (Phi) is 9.11. The highest BCUT2D eigenvalue weighted by molar-refractivity contribution is 5.80. The summed E-state index contributed by atoms with van der Waals surface area (Å²) in [6.45, 7) is 6.56. The van der Waals surface area contributed by atoms with E-state index in [0.717, 1.165) is 72.0 Å². The number of carbonyl (C=O) groups is 1. The molecule has 2 unspecified atom stereocenters. The van der Waals surface area contributed by atoms with E-state index in [2.05, 4.69) is 69.5 Å². The monoisotopic (exact) mass is 556 g/mol. The van der Waals surface area contributed by atoms with Gasteiger partial charge in [-0.05, 0) is 73.1 Å². The molecule has 0 fully saturated rings. The zero-order valence-electron chi connectivity index (χ0n) is 24.3. The lowest BCUT2D eigenvalue weighted by molar-refractivity contribution is -0.143. The molecule has 5 rings (SSSR count). The highest BCUT2D eigenvalue weighted by atomic mass is 16.5. The van der Waals surface area contributed by atoms with Crippen LogP contribution in [0.5, 0.6) is 0 Å². The van der Waals surface area contributed by atoms with Crippen LogP contribution < -0.4 is 5.56 Å². The molecule has 0 saturated heterocycles. The van der Waals surface area contributed by atoms with Crippen LogP contribution in [0.25, 0.3) is 22.5 Å². The van der Waals surface area contributed by atoms with Crippen LogP contribution in [0, 0.1) is 0 Å². The Labute approximate surface area is 240 Å². The zero-order chi connectivity index (χ0) is 28.8. The van der Waals surface area contributed by atoms with Gasteiger partial charge in [-0.15, -0.1) is 5.10 Å². The van der Waals surface area contributed by atoms with Crippen LogP contribution in [-0.2, 0) is 22.4 Å². The Bertz CT molecular complexity index is 1500. The lowest BCUT2D eigenvalue weighted by Gasteiger charge is -2.33. The van der Waals surface area contributed by atoms with Crippen molar-refractivity contribution < 1.29 is 9.53 Å². The highest BCUT2D eigenvalue weighted by Crippen LogP contribution is 2.34. The van der Waals surface area contributed by atoms with Gasteiger partial charge < -0.3 is 4.74 Å². The maximum atomic E-state index is 14.0. The number of unbranched alkanes of at least 4 members (excludes halogenated alkanes) is 2. The fourth-order valence-electron chi connectivity index (χ4n) is 6.11. The minimum absolute atomic E-state index is 0.108. The molecule has 2 atom stereocenters. The van der Waals surface area contributed by atoms with Gasteiger partial charge in [0.25, 0.3) is 5.56 Å². The molecule has 0 amide bonds. The van der Waals surface area contributed by atoms with Crippen LogP contribution in [-0.4, -0.2) is 42.6 Å². The van der Waals surface area contributed by atoms with Crippen molar-refractivity contribution in [1.82, 2.24) is 30.0 Å². The van der Waals surface area contributed by atoms with E-state index in [1.54, 1.807) is 0 Å². The van der Waals surface area contributed by atoms with E-state index in [9.17, 15) is 9.59 Å². The molecule has 1 N–H and O–H groups in total. The summed E-state index contributed by atoms with van der Waals surface area (Å²) in [7, 11) is 0. The molecule has 2 aromatic carbocycles. The van der Waals surface area contributed by atoms with Gasteiger partial charge in [0.1, 0.15) is 0 Å². The van der Waals surface area contributed by atoms with Gasteiger partial charge in [-0.2, -0.15) is 0 Å². The van der Waals surface area contributed by atoms with Gasteiger partial charge in [0, 0.05) is 29.7 Å². The van der Waals surface area contributed by atoms with Crippen molar-refractivity contribution >= 4 is 5.97 Å². The fourth-order valence-corrected chi connectivity index (χ4v) is 6.11. The van der Waals surface area contributed by atoms with E-state index in [4.69, 9.17) is 4.74 Å². The summed E-state index contributed by atoms with van der Waals surface area (Å²) >= 11 is 0. The van der Waals surface area contributed by atoms with Crippen LogP contribution in [0.2, 0.25) is 0 Å². The predicted molar refractivity (Wildman–Crippen MR) is 159 cm³/mol. The van der Waals surface area contributed by atoms with Crippen LogP contribution in [0.3, 0.4) is 0 Å². The van der Waals surface area contributed by atoms with Crippen LogP contribution in [0.15, 0.2) is 53.3 Å². The molecule has 4 aromatic rings. The Balaban J connectivity index is 1.46. The molecule has 2 aromatic heterocycles. The van der Waals surface area contributed by atoms with Crippen molar-refractivity contribution in [2.45, 2.75) is 90.6 Å². The molecule has 1 aliphatic rings. The van der Waals surface area contributed by atoms with Crippen LogP contribution >= 0.6 is 0 Å². The van der Waals surface area contributed by atoms with Gasteiger partial charge in [-0.1, -0.05) is 68.3 Å². The first-order valence-corrected chi connectivity index (χ1v) is 14.9. The standard InChI is InChI=1S/C32H40N6O3/c1-4-6-7-12-29-28(32(40)37-22(3)13-18-25(38(29)37)19-20-30(39)41-5-2)21-23-14-16-24(17-15-23)26-10-8-9-11-27(26)31-33-35-36-34-31/h8-11,14-17,22,25H,4-7,12-13,18-21H2,1-3H3,(H,33,34,35,36). The second-order valence-electron chi connectivity index (χ2n) is 11.0. The van der Waals surface area contributed by atoms with E-state index in [1.165, 1.54) is 0 Å². The number of carbonyl (C=O) groups excluding carboxylic acids is 1. The molecule has 0 radical (unpaired) electrons. The summed E-state index contributed by atoms with van der Waals surface area (Å²) < 4.78 is 9.44. The average Bonchev–Trinajstić information content (AvgIpc) is 3.62. The van der Waals surface area contributed by atoms with Gasteiger partial charge in [0.15, 0.2) is 5.82 Å². The van der Waals surface area contributed by atoms with E-state index in [-0.39, 0.29) is 23.6 Å². The first-order chi connectivity index (χ1) is 20.0. The third-order valence-corrected chi connectivity index (χ3v) is 8.18. The van der Waals surface area contributed by atoms with Crippen molar-refractivity contribution in [3.05, 3.63) is 75.7 Å². The number of rotatable bonds is 12. The lowest BCUT2D eigenvalue weighted by Crippen LogP contribution is -2.34. The summed E-state index contributed by atoms with van der Waals surface area (Å²) in [5.41, 5.74) is 6.26. The molecule has 0 spiro atoms. The number of hydrogen-bond acceptors (Lipinski definition) is 6. The maximum absolute atomic E-state index is 14.0. The number of hydrogen-bond donors (Lipinski definition) is 1. The van der Waals surface area contributed by atoms with Crippen molar-refractivity contribution in [2.75, 3.05) is 6.61 Å². The van der Waals surface area contributed by atoms with Gasteiger partial charge in [0.2, 0.25) is 0 Å². The van der Waals surface area contributed by atoms with Gasteiger partial charge in [-0.3, -0.25) is 14.3 Å². The number of benzene rings is 2. The average molecular weight is 557 g/mol. The summed E-state index contributed by atoms with van der Waals surface area (Å²) in [4.78, 5) is 26.1. The lowest BCUT2D eigenvalue weighted by atomic mass is 9.96. The Morgan fingerprint density at radius 1 is 1.02 bits per heavy atom. The van der Waals surface area contributed by atoms with Crippen molar-refractivity contribution in [1.29, 1.82) is 0 Å². The number of H-pyrrole nitrogens is 1. The Morgan fingerprint density at radius 3 is 2.51 bits per heavy atom. The minimum Gasteiger partial charge on any atom is -0.466 e. The Hall–Kier alpha value is -4.01. The number of tetrazole rings is 1.